The van der Waals surface area contributed by atoms with E-state index in [0.717, 1.165) is 18.4 Å². The molecule has 10 nitrogen and oxygen atoms in total. The van der Waals surface area contributed by atoms with Gasteiger partial charge >= 0.3 is 5.69 Å². The average molecular weight is 547 g/mol. The van der Waals surface area contributed by atoms with Crippen molar-refractivity contribution in [1.29, 1.82) is 5.26 Å². The molecule has 1 aliphatic carbocycles. The summed E-state index contributed by atoms with van der Waals surface area (Å²) in [5.41, 5.74) is 2.85. The van der Waals surface area contributed by atoms with E-state index in [9.17, 15) is 14.5 Å². The van der Waals surface area contributed by atoms with Gasteiger partial charge in [-0.15, -0.1) is 0 Å². The molecule has 2 aromatic rings. The van der Waals surface area contributed by atoms with Crippen LogP contribution in [0.25, 0.3) is 0 Å². The second-order valence-electron chi connectivity index (χ2n) is 10.3. The number of aromatic amines is 1. The third-order valence-corrected chi connectivity index (χ3v) is 8.56. The van der Waals surface area contributed by atoms with E-state index in [1.165, 1.54) is 21.9 Å². The summed E-state index contributed by atoms with van der Waals surface area (Å²) in [6.07, 6.45) is 4.27. The van der Waals surface area contributed by atoms with E-state index in [1.54, 1.807) is 6.92 Å². The maximum atomic E-state index is 11.5. The van der Waals surface area contributed by atoms with E-state index >= 15 is 0 Å². The molecule has 0 amide bonds. The van der Waals surface area contributed by atoms with Gasteiger partial charge in [-0.05, 0) is 83.6 Å². The summed E-state index contributed by atoms with van der Waals surface area (Å²) in [5, 5.41) is 17.9. The van der Waals surface area contributed by atoms with Crippen molar-refractivity contribution >= 4 is 8.53 Å². The smallest absolute Gasteiger partial charge is 0.330 e. The van der Waals surface area contributed by atoms with Gasteiger partial charge in [0.1, 0.15) is 6.23 Å². The molecule has 11 heteroatoms. The lowest BCUT2D eigenvalue weighted by molar-refractivity contribution is -0.0247. The molecule has 208 valence electrons. The van der Waals surface area contributed by atoms with Crippen LogP contribution in [0.3, 0.4) is 0 Å². The van der Waals surface area contributed by atoms with E-state index in [1.807, 2.05) is 22.9 Å². The molecule has 1 aliphatic heterocycles. The number of fused-ring (bicyclic) bond motifs is 1. The Balaban J connectivity index is 0.000000221. The number of rotatable bonds is 8. The molecule has 1 aromatic carbocycles. The van der Waals surface area contributed by atoms with Crippen LogP contribution in [-0.2, 0) is 15.7 Å². The number of nitrogens with one attached hydrogen (secondary N) is 1. The SMILES string of the molecule is CC(C)N(C(C)C)P(O)OCC1CCc2cc(C#N)ccc21.Cc1cn([C@H]2CC[C@@H](CO)O2)c(=O)[nH]c1=O. The molecule has 3 N–H and O–H groups in total. The molecule has 2 heterocycles. The van der Waals surface area contributed by atoms with Gasteiger partial charge in [-0.2, -0.15) is 5.26 Å². The molecule has 38 heavy (non-hydrogen) atoms. The summed E-state index contributed by atoms with van der Waals surface area (Å²) < 4.78 is 14.7. The van der Waals surface area contributed by atoms with Crippen LogP contribution < -0.4 is 11.2 Å². The van der Waals surface area contributed by atoms with Gasteiger partial charge in [-0.1, -0.05) is 6.07 Å². The van der Waals surface area contributed by atoms with Crippen LogP contribution in [0.1, 0.15) is 81.4 Å². The first-order chi connectivity index (χ1) is 18.0. The van der Waals surface area contributed by atoms with E-state index in [4.69, 9.17) is 19.6 Å². The first-order valence-electron chi connectivity index (χ1n) is 13.1. The molecule has 0 saturated carbocycles. The molecule has 4 atom stereocenters. The summed E-state index contributed by atoms with van der Waals surface area (Å²) in [6, 6.07) is 8.58. The number of benzene rings is 1. The Morgan fingerprint density at radius 3 is 2.55 bits per heavy atom. The molecule has 2 unspecified atom stereocenters. The third kappa shape index (κ3) is 7.38. The highest BCUT2D eigenvalue weighted by atomic mass is 31.2. The number of aliphatic hydroxyl groups is 1. The number of aromatic nitrogens is 2. The molecule has 4 rings (SSSR count). The summed E-state index contributed by atoms with van der Waals surface area (Å²) in [7, 11) is -1.56. The molecular formula is C27H39N4O6P. The van der Waals surface area contributed by atoms with Crippen molar-refractivity contribution in [3.63, 3.8) is 0 Å². The monoisotopic (exact) mass is 546 g/mol. The van der Waals surface area contributed by atoms with Crippen molar-refractivity contribution in [2.45, 2.75) is 90.6 Å². The van der Waals surface area contributed by atoms with Crippen LogP contribution in [0.4, 0.5) is 0 Å². The van der Waals surface area contributed by atoms with Crippen LogP contribution in [0.2, 0.25) is 0 Å². The maximum absolute atomic E-state index is 11.5. The minimum absolute atomic E-state index is 0.0480. The van der Waals surface area contributed by atoms with Gasteiger partial charge in [0.2, 0.25) is 0 Å². The van der Waals surface area contributed by atoms with E-state index in [2.05, 4.69) is 38.7 Å². The number of aliphatic hydroxyl groups excluding tert-OH is 1. The molecule has 0 bridgehead atoms. The second kappa shape index (κ2) is 13.6. The predicted molar refractivity (Wildman–Crippen MR) is 146 cm³/mol. The van der Waals surface area contributed by atoms with Crippen molar-refractivity contribution in [3.05, 3.63) is 67.5 Å². The summed E-state index contributed by atoms with van der Waals surface area (Å²) in [5.74, 6) is 0.320. The summed E-state index contributed by atoms with van der Waals surface area (Å²) in [6.45, 7) is 10.4. The topological polar surface area (TPSA) is 141 Å². The average Bonchev–Trinajstić information content (AvgIpc) is 3.51. The highest BCUT2D eigenvalue weighted by Gasteiger charge is 2.28. The third-order valence-electron chi connectivity index (χ3n) is 6.87. The predicted octanol–water partition coefficient (Wildman–Crippen LogP) is 3.46. The summed E-state index contributed by atoms with van der Waals surface area (Å²) in [4.78, 5) is 35.3. The van der Waals surface area contributed by atoms with Gasteiger partial charge in [0.25, 0.3) is 14.1 Å². The van der Waals surface area contributed by atoms with Crippen molar-refractivity contribution in [1.82, 2.24) is 14.2 Å². The Hall–Kier alpha value is -2.38. The molecular weight excluding hydrogens is 507 g/mol. The van der Waals surface area contributed by atoms with Gasteiger partial charge in [0.15, 0.2) is 0 Å². The van der Waals surface area contributed by atoms with Crippen LogP contribution in [0, 0.1) is 18.3 Å². The summed E-state index contributed by atoms with van der Waals surface area (Å²) >= 11 is 0. The number of ether oxygens (including phenoxy) is 1. The Labute approximate surface area is 224 Å². The second-order valence-corrected chi connectivity index (χ2v) is 11.6. The van der Waals surface area contributed by atoms with Crippen molar-refractivity contribution in [3.8, 4) is 6.07 Å². The number of hydrogen-bond donors (Lipinski definition) is 3. The van der Waals surface area contributed by atoms with Gasteiger partial charge in [0.05, 0.1) is 31.0 Å². The molecule has 0 spiro atoms. The number of aryl methyl sites for hydroxylation is 2. The number of hydrogen-bond acceptors (Lipinski definition) is 8. The van der Waals surface area contributed by atoms with E-state index < -0.39 is 14.2 Å². The molecule has 0 radical (unpaired) electrons. The largest absolute Gasteiger partial charge is 0.394 e. The Morgan fingerprint density at radius 1 is 1.24 bits per heavy atom. The van der Waals surface area contributed by atoms with Gasteiger partial charge in [0, 0.05) is 29.8 Å². The Kier molecular flexibility index (Phi) is 10.8. The zero-order valence-corrected chi connectivity index (χ0v) is 23.6. The lowest BCUT2D eigenvalue weighted by Crippen LogP contribution is -2.33. The zero-order chi connectivity index (χ0) is 28.0. The quantitative estimate of drug-likeness (QED) is 0.428. The van der Waals surface area contributed by atoms with Crippen LogP contribution >= 0.6 is 8.53 Å². The fourth-order valence-corrected chi connectivity index (χ4v) is 6.23. The normalized spacial score (nSPS) is 21.3. The van der Waals surface area contributed by atoms with Crippen molar-refractivity contribution in [2.24, 2.45) is 0 Å². The van der Waals surface area contributed by atoms with E-state index in [-0.39, 0.29) is 36.6 Å². The van der Waals surface area contributed by atoms with Crippen LogP contribution in [0.5, 0.6) is 0 Å². The minimum atomic E-state index is -1.56. The lowest BCUT2D eigenvalue weighted by atomic mass is 10.0. The first kappa shape index (κ1) is 30.2. The number of nitriles is 1. The van der Waals surface area contributed by atoms with Gasteiger partial charge in [-0.25, -0.2) is 9.46 Å². The highest BCUT2D eigenvalue weighted by molar-refractivity contribution is 7.43. The first-order valence-corrected chi connectivity index (χ1v) is 14.2. The molecule has 1 saturated heterocycles. The highest BCUT2D eigenvalue weighted by Crippen LogP contribution is 2.43. The standard InChI is InChI=1S/C17H25N2O2P.C10H14N2O4/c1-12(2)19(13(3)4)22(20)21-11-16-7-6-15-9-14(10-18)5-8-17(15)16;1-6-4-12(10(15)11-9(6)14)8-3-2-7(5-13)16-8/h5,8-9,12-13,16,20H,6-7,11H2,1-4H3;4,7-8,13H,2-3,5H2,1H3,(H,11,14,15)/t;7-,8+/m.0/s1. The van der Waals surface area contributed by atoms with Gasteiger partial charge < -0.3 is 19.3 Å². The van der Waals surface area contributed by atoms with Gasteiger partial charge in [-0.3, -0.25) is 14.3 Å². The van der Waals surface area contributed by atoms with E-state index in [0.29, 0.717) is 30.9 Å². The fraction of sp³-hybridized carbons (Fsp3) is 0.593. The van der Waals surface area contributed by atoms with Crippen molar-refractivity contribution in [2.75, 3.05) is 13.2 Å². The zero-order valence-electron chi connectivity index (χ0n) is 22.8. The number of H-pyrrole nitrogens is 1. The number of nitrogens with zero attached hydrogens (tertiary/aromatic N) is 3. The Bertz CT molecular complexity index is 1230. The fourth-order valence-electron chi connectivity index (χ4n) is 4.99. The molecule has 1 aromatic heterocycles. The van der Waals surface area contributed by atoms with Crippen LogP contribution in [-0.4, -0.2) is 55.6 Å². The maximum Gasteiger partial charge on any atom is 0.330 e. The van der Waals surface area contributed by atoms with Crippen molar-refractivity contribution < 1.29 is 19.3 Å². The molecule has 1 fully saturated rings. The minimum Gasteiger partial charge on any atom is -0.394 e. The van der Waals surface area contributed by atoms with Crippen LogP contribution in [0.15, 0.2) is 34.0 Å². The molecule has 2 aliphatic rings. The Morgan fingerprint density at radius 2 is 1.95 bits per heavy atom. The lowest BCUT2D eigenvalue weighted by Gasteiger charge is -2.33.